The van der Waals surface area contributed by atoms with Gasteiger partial charge in [0.15, 0.2) is 0 Å². The van der Waals surface area contributed by atoms with Gasteiger partial charge in [0.1, 0.15) is 0 Å². The third kappa shape index (κ3) is 6.06. The predicted octanol–water partition coefficient (Wildman–Crippen LogP) is 8.01. The molecule has 0 unspecified atom stereocenters. The Balaban J connectivity index is 0.000000218. The number of nitrogens with zero attached hydrogens (tertiary/aromatic N) is 1. The minimum absolute atomic E-state index is 0.294. The number of rotatable bonds is 5. The topological polar surface area (TPSA) is 29.3 Å². The lowest BCUT2D eigenvalue weighted by atomic mass is 9.72. The van der Waals surface area contributed by atoms with Gasteiger partial charge in [-0.25, -0.2) is 0 Å². The van der Waals surface area contributed by atoms with Crippen LogP contribution in [0.15, 0.2) is 67.4 Å². The van der Waals surface area contributed by atoms with Crippen molar-refractivity contribution in [2.75, 3.05) is 13.1 Å². The zero-order valence-corrected chi connectivity index (χ0v) is 21.6. The molecule has 2 nitrogen and oxygen atoms in total. The standard InChI is InChI=1S/C16H22.C13H16N2.C2H6/c1-4-14(3)16(11-5-6-12-16)15-9-7-13(2)8-10-15;1-10-4-3-5-13-11(2)15(9-7-14)8-6-12(10)13;1-2/h7-10H,3-6,11-12H2,1-2H3;3-6,8H,2,7,9,14H2,1H3;1-2H3. The lowest BCUT2D eigenvalue weighted by Crippen LogP contribution is -2.25. The number of allylic oxidation sites excluding steroid dienone is 1. The van der Waals surface area contributed by atoms with Crippen molar-refractivity contribution < 1.29 is 0 Å². The first-order valence-corrected chi connectivity index (χ1v) is 12.6. The summed E-state index contributed by atoms with van der Waals surface area (Å²) in [5.74, 6) is 0. The highest BCUT2D eigenvalue weighted by molar-refractivity contribution is 5.78. The second-order valence-electron chi connectivity index (χ2n) is 8.89. The SMILES string of the molecule is C=C(CC)C1(c2ccc(C)cc2)CCCC1.C=C1c2cccc(C)c2C=CN1CCN.CC. The largest absolute Gasteiger partial charge is 0.347 e. The van der Waals surface area contributed by atoms with Crippen LogP contribution in [0.5, 0.6) is 0 Å². The molecule has 1 aliphatic heterocycles. The Kier molecular flexibility index (Phi) is 10.2. The van der Waals surface area contributed by atoms with Crippen LogP contribution in [0.25, 0.3) is 11.8 Å². The van der Waals surface area contributed by atoms with Crippen molar-refractivity contribution in [3.63, 3.8) is 0 Å². The van der Waals surface area contributed by atoms with E-state index in [4.69, 9.17) is 5.73 Å². The van der Waals surface area contributed by atoms with E-state index < -0.39 is 0 Å². The van der Waals surface area contributed by atoms with Crippen LogP contribution in [-0.2, 0) is 5.41 Å². The van der Waals surface area contributed by atoms with Crippen molar-refractivity contribution in [3.8, 4) is 0 Å². The first-order valence-electron chi connectivity index (χ1n) is 12.6. The maximum absolute atomic E-state index is 5.55. The minimum atomic E-state index is 0.294. The van der Waals surface area contributed by atoms with E-state index in [1.165, 1.54) is 59.1 Å². The molecule has 1 heterocycles. The van der Waals surface area contributed by atoms with Crippen LogP contribution in [0, 0.1) is 13.8 Å². The summed E-state index contributed by atoms with van der Waals surface area (Å²) in [6, 6.07) is 15.4. The third-order valence-corrected chi connectivity index (χ3v) is 6.94. The molecule has 1 saturated carbocycles. The molecule has 2 N–H and O–H groups in total. The van der Waals surface area contributed by atoms with Gasteiger partial charge < -0.3 is 10.6 Å². The summed E-state index contributed by atoms with van der Waals surface area (Å²) >= 11 is 0. The second kappa shape index (κ2) is 12.6. The Morgan fingerprint density at radius 3 is 2.24 bits per heavy atom. The fraction of sp³-hybridized carbons (Fsp3) is 0.419. The molecule has 4 rings (SSSR count). The van der Waals surface area contributed by atoms with Gasteiger partial charge in [-0.05, 0) is 55.9 Å². The second-order valence-corrected chi connectivity index (χ2v) is 8.89. The molecule has 178 valence electrons. The smallest absolute Gasteiger partial charge is 0.0413 e. The van der Waals surface area contributed by atoms with Gasteiger partial charge in [0.25, 0.3) is 0 Å². The number of benzene rings is 2. The molecule has 1 fully saturated rings. The van der Waals surface area contributed by atoms with Crippen LogP contribution in [0.1, 0.15) is 80.7 Å². The monoisotopic (exact) mass is 444 g/mol. The van der Waals surface area contributed by atoms with E-state index in [0.717, 1.165) is 18.7 Å². The molecule has 2 aromatic rings. The Bertz CT molecular complexity index is 943. The van der Waals surface area contributed by atoms with E-state index in [1.807, 2.05) is 13.8 Å². The van der Waals surface area contributed by atoms with Gasteiger partial charge in [0.05, 0.1) is 0 Å². The number of nitrogens with two attached hydrogens (primary N) is 1. The molecular formula is C31H44N2. The highest BCUT2D eigenvalue weighted by Crippen LogP contribution is 2.47. The molecule has 0 amide bonds. The number of aryl methyl sites for hydroxylation is 2. The summed E-state index contributed by atoms with van der Waals surface area (Å²) in [4.78, 5) is 2.10. The fourth-order valence-electron chi connectivity index (χ4n) is 4.95. The summed E-state index contributed by atoms with van der Waals surface area (Å²) < 4.78 is 0. The number of hydrogen-bond acceptors (Lipinski definition) is 2. The average molecular weight is 445 g/mol. The maximum Gasteiger partial charge on any atom is 0.0413 e. The lowest BCUT2D eigenvalue weighted by molar-refractivity contribution is 0.509. The molecule has 2 aromatic carbocycles. The van der Waals surface area contributed by atoms with E-state index >= 15 is 0 Å². The molecule has 2 heteroatoms. The molecule has 2 aliphatic rings. The van der Waals surface area contributed by atoms with E-state index in [0.29, 0.717) is 12.0 Å². The normalized spacial score (nSPS) is 15.7. The fourth-order valence-corrected chi connectivity index (χ4v) is 4.95. The van der Waals surface area contributed by atoms with E-state index in [2.05, 4.69) is 93.6 Å². The van der Waals surface area contributed by atoms with E-state index in [1.54, 1.807) is 0 Å². The number of fused-ring (bicyclic) bond motifs is 1. The van der Waals surface area contributed by atoms with Crippen molar-refractivity contribution in [2.45, 2.75) is 72.1 Å². The third-order valence-electron chi connectivity index (χ3n) is 6.94. The van der Waals surface area contributed by atoms with Crippen LogP contribution in [0.3, 0.4) is 0 Å². The maximum atomic E-state index is 5.55. The predicted molar refractivity (Wildman–Crippen MR) is 147 cm³/mol. The van der Waals surface area contributed by atoms with Crippen LogP contribution in [0.2, 0.25) is 0 Å². The van der Waals surface area contributed by atoms with Gasteiger partial charge in [0.2, 0.25) is 0 Å². The summed E-state index contributed by atoms with van der Waals surface area (Å²) in [5.41, 5.74) is 14.9. The van der Waals surface area contributed by atoms with E-state index in [-0.39, 0.29) is 0 Å². The first kappa shape index (κ1) is 26.7. The molecule has 0 radical (unpaired) electrons. The number of hydrogen-bond donors (Lipinski definition) is 1. The quantitative estimate of drug-likeness (QED) is 0.473. The zero-order chi connectivity index (χ0) is 24.4. The molecule has 0 aromatic heterocycles. The van der Waals surface area contributed by atoms with Crippen molar-refractivity contribution in [1.82, 2.24) is 4.90 Å². The molecular weight excluding hydrogens is 400 g/mol. The molecule has 1 aliphatic carbocycles. The van der Waals surface area contributed by atoms with Crippen molar-refractivity contribution in [1.29, 1.82) is 0 Å². The van der Waals surface area contributed by atoms with Gasteiger partial charge >= 0.3 is 0 Å². The van der Waals surface area contributed by atoms with Crippen molar-refractivity contribution in [2.24, 2.45) is 5.73 Å². The van der Waals surface area contributed by atoms with Gasteiger partial charge in [-0.15, -0.1) is 0 Å². The summed E-state index contributed by atoms with van der Waals surface area (Å²) in [5, 5.41) is 0. The Morgan fingerprint density at radius 2 is 1.67 bits per heavy atom. The summed E-state index contributed by atoms with van der Waals surface area (Å²) in [6.07, 6.45) is 10.6. The first-order chi connectivity index (χ1) is 15.9. The molecule has 0 spiro atoms. The summed E-state index contributed by atoms with van der Waals surface area (Å²) in [6.45, 7) is 20.4. The average Bonchev–Trinajstić information content (AvgIpc) is 3.34. The molecule has 0 atom stereocenters. The summed E-state index contributed by atoms with van der Waals surface area (Å²) in [7, 11) is 0. The Labute approximate surface area is 202 Å². The molecule has 33 heavy (non-hydrogen) atoms. The Hall–Kier alpha value is -2.58. The van der Waals surface area contributed by atoms with Crippen LogP contribution < -0.4 is 5.73 Å². The van der Waals surface area contributed by atoms with Crippen molar-refractivity contribution >= 4 is 11.8 Å². The minimum Gasteiger partial charge on any atom is -0.347 e. The van der Waals surface area contributed by atoms with Gasteiger partial charge in [-0.2, -0.15) is 0 Å². The van der Waals surface area contributed by atoms with Crippen LogP contribution in [-0.4, -0.2) is 18.0 Å². The molecule has 0 bridgehead atoms. The highest BCUT2D eigenvalue weighted by atomic mass is 15.1. The van der Waals surface area contributed by atoms with Crippen molar-refractivity contribution in [3.05, 3.63) is 95.2 Å². The van der Waals surface area contributed by atoms with Gasteiger partial charge in [-0.1, -0.05) is 100 Å². The molecule has 0 saturated heterocycles. The Morgan fingerprint density at radius 1 is 1.03 bits per heavy atom. The highest BCUT2D eigenvalue weighted by Gasteiger charge is 2.37. The zero-order valence-electron chi connectivity index (χ0n) is 21.6. The van der Waals surface area contributed by atoms with Gasteiger partial charge in [-0.3, -0.25) is 0 Å². The van der Waals surface area contributed by atoms with Gasteiger partial charge in [0, 0.05) is 36.0 Å². The lowest BCUT2D eigenvalue weighted by Gasteiger charge is -2.32. The van der Waals surface area contributed by atoms with Crippen LogP contribution in [0.4, 0.5) is 0 Å². The van der Waals surface area contributed by atoms with Crippen LogP contribution >= 0.6 is 0 Å². The van der Waals surface area contributed by atoms with E-state index in [9.17, 15) is 0 Å².